The zero-order chi connectivity index (χ0) is 27.5. The summed E-state index contributed by atoms with van der Waals surface area (Å²) in [6.45, 7) is 0. The molecule has 0 spiro atoms. The van der Waals surface area contributed by atoms with Crippen LogP contribution in [0.2, 0.25) is 0 Å². The molecule has 2 aromatic carbocycles. The van der Waals surface area contributed by atoms with Crippen LogP contribution in [0.25, 0.3) is 0 Å². The number of phenolic OH excluding ortho intramolecular Hbond substituents is 1. The van der Waals surface area contributed by atoms with E-state index in [-0.39, 0.29) is 24.2 Å². The molecular formula is C29H30N2O7. The number of hydrogen-bond donors (Lipinski definition) is 3. The molecule has 0 saturated heterocycles. The Morgan fingerprint density at radius 1 is 1.03 bits per heavy atom. The van der Waals surface area contributed by atoms with Gasteiger partial charge in [-0.3, -0.25) is 28.9 Å². The summed E-state index contributed by atoms with van der Waals surface area (Å²) in [7, 11) is 3.13. The first-order valence-electron chi connectivity index (χ1n) is 12.7. The van der Waals surface area contributed by atoms with E-state index in [1.54, 1.807) is 20.2 Å². The van der Waals surface area contributed by atoms with Crippen molar-refractivity contribution in [1.82, 2.24) is 4.90 Å². The van der Waals surface area contributed by atoms with Crippen LogP contribution in [0, 0.1) is 23.7 Å². The van der Waals surface area contributed by atoms with E-state index in [2.05, 4.69) is 0 Å². The molecule has 0 aromatic heterocycles. The number of aromatic hydroxyl groups is 1. The quantitative estimate of drug-likeness (QED) is 0.488. The van der Waals surface area contributed by atoms with E-state index in [1.165, 1.54) is 11.0 Å². The van der Waals surface area contributed by atoms with Gasteiger partial charge in [0.2, 0.25) is 5.91 Å². The van der Waals surface area contributed by atoms with Gasteiger partial charge in [-0.2, -0.15) is 0 Å². The SMILES string of the molecule is CN(C)C1C(=O)C(C(N)=O)C(=O)C2(O)C(=O)C3C(=O)c4c(O)ccc(CCc5ccccc5)c4CC3CC12. The highest BCUT2D eigenvalue weighted by Crippen LogP contribution is 2.51. The third-order valence-electron chi connectivity index (χ3n) is 8.57. The van der Waals surface area contributed by atoms with Gasteiger partial charge in [0.15, 0.2) is 34.7 Å². The van der Waals surface area contributed by atoms with Gasteiger partial charge in [0, 0.05) is 5.92 Å². The number of Topliss-reactive ketones (excluding diaryl/α,β-unsaturated/α-hetero) is 4. The van der Waals surface area contributed by atoms with Crippen molar-refractivity contribution in [3.8, 4) is 5.75 Å². The number of likely N-dealkylation sites (N-methyl/N-ethyl adjacent to an activating group) is 1. The molecule has 2 saturated carbocycles. The molecule has 198 valence electrons. The Morgan fingerprint density at radius 3 is 2.34 bits per heavy atom. The van der Waals surface area contributed by atoms with Gasteiger partial charge < -0.3 is 15.9 Å². The van der Waals surface area contributed by atoms with E-state index >= 15 is 0 Å². The molecule has 0 bridgehead atoms. The van der Waals surface area contributed by atoms with Crippen LogP contribution < -0.4 is 5.73 Å². The highest BCUT2D eigenvalue weighted by atomic mass is 16.3. The van der Waals surface area contributed by atoms with Crippen molar-refractivity contribution in [3.63, 3.8) is 0 Å². The summed E-state index contributed by atoms with van der Waals surface area (Å²) in [5, 5.41) is 22.3. The number of fused-ring (bicyclic) bond motifs is 3. The predicted octanol–water partition coefficient (Wildman–Crippen LogP) is 0.652. The Balaban J connectivity index is 1.56. The molecule has 2 fully saturated rings. The molecule has 6 unspecified atom stereocenters. The first-order chi connectivity index (χ1) is 18.0. The van der Waals surface area contributed by atoms with Crippen molar-refractivity contribution in [1.29, 1.82) is 0 Å². The maximum absolute atomic E-state index is 13.8. The van der Waals surface area contributed by atoms with Gasteiger partial charge in [-0.05, 0) is 68.5 Å². The lowest BCUT2D eigenvalue weighted by Gasteiger charge is -2.52. The topological polar surface area (TPSA) is 155 Å². The van der Waals surface area contributed by atoms with Crippen molar-refractivity contribution in [2.24, 2.45) is 29.4 Å². The lowest BCUT2D eigenvalue weighted by atomic mass is 9.52. The largest absolute Gasteiger partial charge is 0.507 e. The highest BCUT2D eigenvalue weighted by Gasteiger charge is 2.69. The number of phenols is 1. The fraction of sp³-hybridized carbons (Fsp3) is 0.414. The number of primary amides is 1. The first kappa shape index (κ1) is 25.9. The summed E-state index contributed by atoms with van der Waals surface area (Å²) in [4.78, 5) is 67.6. The molecule has 0 radical (unpaired) electrons. The fourth-order valence-corrected chi connectivity index (χ4v) is 6.83. The van der Waals surface area contributed by atoms with Gasteiger partial charge >= 0.3 is 0 Å². The van der Waals surface area contributed by atoms with E-state index < -0.39 is 64.4 Å². The van der Waals surface area contributed by atoms with Gasteiger partial charge in [0.25, 0.3) is 0 Å². The zero-order valence-electron chi connectivity index (χ0n) is 21.2. The van der Waals surface area contributed by atoms with Gasteiger partial charge in [-0.25, -0.2) is 0 Å². The minimum Gasteiger partial charge on any atom is -0.507 e. The van der Waals surface area contributed by atoms with E-state index in [1.807, 2.05) is 30.3 Å². The number of amides is 1. The molecule has 1 amide bonds. The van der Waals surface area contributed by atoms with Crippen molar-refractivity contribution >= 4 is 29.0 Å². The predicted molar refractivity (Wildman–Crippen MR) is 135 cm³/mol. The summed E-state index contributed by atoms with van der Waals surface area (Å²) in [6.07, 6.45) is 1.63. The average Bonchev–Trinajstić information content (AvgIpc) is 2.86. The number of nitrogens with two attached hydrogens (primary N) is 1. The van der Waals surface area contributed by atoms with Gasteiger partial charge in [0.1, 0.15) is 5.75 Å². The van der Waals surface area contributed by atoms with Crippen molar-refractivity contribution in [2.45, 2.75) is 37.3 Å². The molecule has 3 aliphatic carbocycles. The Hall–Kier alpha value is -3.69. The molecular weight excluding hydrogens is 488 g/mol. The number of nitrogens with zero attached hydrogens (tertiary/aromatic N) is 1. The van der Waals surface area contributed by atoms with Crippen LogP contribution in [0.15, 0.2) is 42.5 Å². The molecule has 9 heteroatoms. The van der Waals surface area contributed by atoms with Crippen LogP contribution in [0.3, 0.4) is 0 Å². The summed E-state index contributed by atoms with van der Waals surface area (Å²) < 4.78 is 0. The second-order valence-electron chi connectivity index (χ2n) is 10.9. The second kappa shape index (κ2) is 9.25. The van der Waals surface area contributed by atoms with Crippen molar-refractivity contribution in [3.05, 3.63) is 64.7 Å². The van der Waals surface area contributed by atoms with E-state index in [0.29, 0.717) is 18.4 Å². The maximum atomic E-state index is 13.8. The van der Waals surface area contributed by atoms with E-state index in [4.69, 9.17) is 5.73 Å². The number of benzene rings is 2. The van der Waals surface area contributed by atoms with Crippen molar-refractivity contribution < 1.29 is 34.2 Å². The Labute approximate surface area is 219 Å². The minimum atomic E-state index is -2.71. The van der Waals surface area contributed by atoms with Crippen LogP contribution in [0.5, 0.6) is 5.75 Å². The lowest BCUT2D eigenvalue weighted by Crippen LogP contribution is -2.74. The van der Waals surface area contributed by atoms with E-state index in [0.717, 1.165) is 11.1 Å². The van der Waals surface area contributed by atoms with Gasteiger partial charge in [0.05, 0.1) is 17.5 Å². The number of carbonyl (C=O) groups excluding carboxylic acids is 5. The number of carbonyl (C=O) groups is 5. The molecule has 6 atom stereocenters. The molecule has 5 rings (SSSR count). The smallest absolute Gasteiger partial charge is 0.235 e. The van der Waals surface area contributed by atoms with Crippen LogP contribution in [-0.4, -0.2) is 69.9 Å². The molecule has 38 heavy (non-hydrogen) atoms. The highest BCUT2D eigenvalue weighted by molar-refractivity contribution is 6.32. The first-order valence-corrected chi connectivity index (χ1v) is 12.7. The summed E-state index contributed by atoms with van der Waals surface area (Å²) in [6, 6.07) is 11.9. The van der Waals surface area contributed by atoms with Crippen LogP contribution >= 0.6 is 0 Å². The second-order valence-corrected chi connectivity index (χ2v) is 10.9. The molecule has 9 nitrogen and oxygen atoms in total. The molecule has 3 aliphatic rings. The number of aliphatic hydroxyl groups is 1. The number of hydrogen-bond acceptors (Lipinski definition) is 8. The summed E-state index contributed by atoms with van der Waals surface area (Å²) in [5.74, 6) is -10.3. The Morgan fingerprint density at radius 2 is 1.71 bits per heavy atom. The number of ketones is 4. The normalized spacial score (nSPS) is 30.6. The van der Waals surface area contributed by atoms with Gasteiger partial charge in [-0.1, -0.05) is 36.4 Å². The summed E-state index contributed by atoms with van der Waals surface area (Å²) >= 11 is 0. The monoisotopic (exact) mass is 518 g/mol. The zero-order valence-corrected chi connectivity index (χ0v) is 21.2. The lowest BCUT2D eigenvalue weighted by molar-refractivity contribution is -0.181. The Bertz CT molecular complexity index is 1370. The maximum Gasteiger partial charge on any atom is 0.235 e. The van der Waals surface area contributed by atoms with E-state index in [9.17, 15) is 34.2 Å². The van der Waals surface area contributed by atoms with Crippen LogP contribution in [-0.2, 0) is 38.4 Å². The van der Waals surface area contributed by atoms with Crippen LogP contribution in [0.1, 0.15) is 33.5 Å². The third-order valence-corrected chi connectivity index (χ3v) is 8.57. The molecule has 4 N–H and O–H groups in total. The molecule has 0 aliphatic heterocycles. The minimum absolute atomic E-state index is 0.0298. The molecule has 2 aromatic rings. The standard InChI is InChI=1S/C29H30N2O7/c1-31(2)23-18-13-16-12-17-15(9-8-14-6-4-3-5-7-14)10-11-19(32)21(17)24(33)20(16)26(35)29(18,38)27(36)22(25(23)34)28(30)37/h3-7,10-11,16,18,20,22-23,32,38H,8-9,12-13H2,1-2H3,(H2,30,37). The van der Waals surface area contributed by atoms with Gasteiger partial charge in [-0.15, -0.1) is 0 Å². The summed E-state index contributed by atoms with van der Waals surface area (Å²) in [5.41, 5.74) is 5.30. The Kier molecular flexibility index (Phi) is 6.31. The van der Waals surface area contributed by atoms with Crippen LogP contribution in [0.4, 0.5) is 0 Å². The fourth-order valence-electron chi connectivity index (χ4n) is 6.83. The number of rotatable bonds is 5. The molecule has 0 heterocycles. The van der Waals surface area contributed by atoms with Crippen molar-refractivity contribution in [2.75, 3.05) is 14.1 Å². The third kappa shape index (κ3) is 3.72. The average molecular weight is 519 g/mol. The number of aryl methyl sites for hydroxylation is 2.